The lowest BCUT2D eigenvalue weighted by Crippen LogP contribution is -2.36. The highest BCUT2D eigenvalue weighted by atomic mass is 16.5. The second-order valence-electron chi connectivity index (χ2n) is 6.33. The quantitative estimate of drug-likeness (QED) is 0.810. The molecule has 1 heterocycles. The van der Waals surface area contributed by atoms with Gasteiger partial charge in [0.2, 0.25) is 0 Å². The molecule has 0 aliphatic carbocycles. The number of ether oxygens (including phenoxy) is 1. The van der Waals surface area contributed by atoms with Gasteiger partial charge in [-0.05, 0) is 36.0 Å². The van der Waals surface area contributed by atoms with E-state index in [0.717, 1.165) is 26.3 Å². The maximum Gasteiger partial charge on any atom is 0.0642 e. The Morgan fingerprint density at radius 2 is 1.67 bits per heavy atom. The van der Waals surface area contributed by atoms with Crippen LogP contribution in [0.3, 0.4) is 0 Å². The van der Waals surface area contributed by atoms with E-state index in [9.17, 15) is 0 Å². The molecule has 0 saturated carbocycles. The lowest BCUT2D eigenvalue weighted by atomic mass is 9.89. The molecule has 0 unspecified atom stereocenters. The highest BCUT2D eigenvalue weighted by Crippen LogP contribution is 2.23. The average Bonchev–Trinajstić information content (AvgIpc) is 2.37. The fourth-order valence-electron chi connectivity index (χ4n) is 2.21. The van der Waals surface area contributed by atoms with Crippen LogP contribution in [0.25, 0.3) is 0 Å². The maximum absolute atomic E-state index is 5.38. The molecular weight excluding hydrogens is 222 g/mol. The van der Waals surface area contributed by atoms with Crippen LogP contribution < -0.4 is 4.90 Å². The molecule has 1 saturated heterocycles. The lowest BCUT2D eigenvalue weighted by Gasteiger charge is -2.29. The molecular formula is C16H25NO. The van der Waals surface area contributed by atoms with Gasteiger partial charge < -0.3 is 9.64 Å². The van der Waals surface area contributed by atoms with E-state index in [-0.39, 0.29) is 0 Å². The van der Waals surface area contributed by atoms with Gasteiger partial charge in [-0.25, -0.2) is 0 Å². The van der Waals surface area contributed by atoms with Crippen molar-refractivity contribution < 1.29 is 4.74 Å². The van der Waals surface area contributed by atoms with E-state index in [1.165, 1.54) is 24.1 Å². The van der Waals surface area contributed by atoms with Crippen LogP contribution in [0.1, 0.15) is 32.8 Å². The molecule has 0 bridgehead atoms. The van der Waals surface area contributed by atoms with Crippen LogP contribution in [0.5, 0.6) is 0 Å². The van der Waals surface area contributed by atoms with Crippen molar-refractivity contribution in [2.45, 2.75) is 33.6 Å². The van der Waals surface area contributed by atoms with Crippen LogP contribution in [0.2, 0.25) is 0 Å². The molecule has 2 nitrogen and oxygen atoms in total. The third-order valence-corrected chi connectivity index (χ3v) is 3.48. The van der Waals surface area contributed by atoms with E-state index < -0.39 is 0 Å². The standard InChI is InChI=1S/C16H25NO/c1-16(2,3)9-8-14-4-6-15(7-5-14)17-10-12-18-13-11-17/h4-7H,8-13H2,1-3H3. The van der Waals surface area contributed by atoms with Crippen molar-refractivity contribution in [3.8, 4) is 0 Å². The van der Waals surface area contributed by atoms with Crippen molar-refractivity contribution in [2.75, 3.05) is 31.2 Å². The van der Waals surface area contributed by atoms with Gasteiger partial charge in [-0.1, -0.05) is 32.9 Å². The molecule has 2 rings (SSSR count). The van der Waals surface area contributed by atoms with Crippen LogP contribution in [0.4, 0.5) is 5.69 Å². The third-order valence-electron chi connectivity index (χ3n) is 3.48. The molecule has 0 N–H and O–H groups in total. The van der Waals surface area contributed by atoms with Crippen LogP contribution in [0, 0.1) is 5.41 Å². The van der Waals surface area contributed by atoms with Crippen LogP contribution >= 0.6 is 0 Å². The monoisotopic (exact) mass is 247 g/mol. The first-order valence-electron chi connectivity index (χ1n) is 6.96. The molecule has 0 spiro atoms. The summed E-state index contributed by atoms with van der Waals surface area (Å²) in [6.45, 7) is 10.6. The fraction of sp³-hybridized carbons (Fsp3) is 0.625. The maximum atomic E-state index is 5.38. The number of rotatable bonds is 3. The zero-order valence-electron chi connectivity index (χ0n) is 11.9. The Morgan fingerprint density at radius 3 is 2.22 bits per heavy atom. The first-order chi connectivity index (χ1) is 8.54. The van der Waals surface area contributed by atoms with Gasteiger partial charge in [0, 0.05) is 18.8 Å². The summed E-state index contributed by atoms with van der Waals surface area (Å²) in [4.78, 5) is 2.40. The largest absolute Gasteiger partial charge is 0.378 e. The first kappa shape index (κ1) is 13.4. The lowest BCUT2D eigenvalue weighted by molar-refractivity contribution is 0.122. The number of hydrogen-bond donors (Lipinski definition) is 0. The molecule has 2 heteroatoms. The molecule has 0 amide bonds. The van der Waals surface area contributed by atoms with Crippen LogP contribution in [0.15, 0.2) is 24.3 Å². The molecule has 1 aromatic carbocycles. The molecule has 1 aliphatic heterocycles. The normalized spacial score (nSPS) is 16.9. The van der Waals surface area contributed by atoms with Gasteiger partial charge in [0.1, 0.15) is 0 Å². The molecule has 1 aromatic rings. The zero-order valence-corrected chi connectivity index (χ0v) is 11.9. The van der Waals surface area contributed by atoms with E-state index >= 15 is 0 Å². The minimum atomic E-state index is 0.420. The number of benzene rings is 1. The second-order valence-corrected chi connectivity index (χ2v) is 6.33. The van der Waals surface area contributed by atoms with Crippen molar-refractivity contribution in [3.63, 3.8) is 0 Å². The second kappa shape index (κ2) is 5.75. The molecule has 1 fully saturated rings. The Balaban J connectivity index is 1.92. The van der Waals surface area contributed by atoms with Crippen LogP contribution in [-0.2, 0) is 11.2 Å². The predicted molar refractivity (Wildman–Crippen MR) is 77.3 cm³/mol. The first-order valence-corrected chi connectivity index (χ1v) is 6.96. The summed E-state index contributed by atoms with van der Waals surface area (Å²) in [5.74, 6) is 0. The summed E-state index contributed by atoms with van der Waals surface area (Å²) in [6.07, 6.45) is 2.41. The summed E-state index contributed by atoms with van der Waals surface area (Å²) in [5.41, 5.74) is 3.20. The fourth-order valence-corrected chi connectivity index (χ4v) is 2.21. The van der Waals surface area contributed by atoms with Crippen molar-refractivity contribution in [1.82, 2.24) is 0 Å². The highest BCUT2D eigenvalue weighted by molar-refractivity contribution is 5.47. The molecule has 18 heavy (non-hydrogen) atoms. The van der Waals surface area contributed by atoms with Gasteiger partial charge in [-0.3, -0.25) is 0 Å². The van der Waals surface area contributed by atoms with Crippen molar-refractivity contribution in [2.24, 2.45) is 5.41 Å². The number of morpholine rings is 1. The van der Waals surface area contributed by atoms with Crippen molar-refractivity contribution >= 4 is 5.69 Å². The predicted octanol–water partition coefficient (Wildman–Crippen LogP) is 3.50. The van der Waals surface area contributed by atoms with E-state index in [2.05, 4.69) is 49.9 Å². The molecule has 100 valence electrons. The summed E-state index contributed by atoms with van der Waals surface area (Å²) in [7, 11) is 0. The van der Waals surface area contributed by atoms with Crippen LogP contribution in [-0.4, -0.2) is 26.3 Å². The average molecular weight is 247 g/mol. The molecule has 0 radical (unpaired) electrons. The number of aryl methyl sites for hydroxylation is 1. The number of hydrogen-bond acceptors (Lipinski definition) is 2. The Hall–Kier alpha value is -1.02. The van der Waals surface area contributed by atoms with Gasteiger partial charge >= 0.3 is 0 Å². The molecule has 0 atom stereocenters. The minimum absolute atomic E-state index is 0.420. The smallest absolute Gasteiger partial charge is 0.0642 e. The molecule has 0 aromatic heterocycles. The van der Waals surface area contributed by atoms with Gasteiger partial charge in [-0.2, -0.15) is 0 Å². The zero-order chi connectivity index (χ0) is 13.0. The Kier molecular flexibility index (Phi) is 4.28. The summed E-state index contributed by atoms with van der Waals surface area (Å²) < 4.78 is 5.38. The van der Waals surface area contributed by atoms with Gasteiger partial charge in [0.25, 0.3) is 0 Å². The minimum Gasteiger partial charge on any atom is -0.378 e. The number of nitrogens with zero attached hydrogens (tertiary/aromatic N) is 1. The number of anilines is 1. The van der Waals surface area contributed by atoms with E-state index in [1.54, 1.807) is 0 Å². The van der Waals surface area contributed by atoms with Crippen molar-refractivity contribution in [3.05, 3.63) is 29.8 Å². The summed E-state index contributed by atoms with van der Waals surface area (Å²) >= 11 is 0. The topological polar surface area (TPSA) is 12.5 Å². The SMILES string of the molecule is CC(C)(C)CCc1ccc(N2CCOCC2)cc1. The highest BCUT2D eigenvalue weighted by Gasteiger charge is 2.12. The Morgan fingerprint density at radius 1 is 1.06 bits per heavy atom. The third kappa shape index (κ3) is 4.02. The Labute approximate surface area is 111 Å². The Bertz CT molecular complexity index is 358. The summed E-state index contributed by atoms with van der Waals surface area (Å²) in [5, 5.41) is 0. The van der Waals surface area contributed by atoms with Gasteiger partial charge in [0.15, 0.2) is 0 Å². The van der Waals surface area contributed by atoms with E-state index in [0.29, 0.717) is 5.41 Å². The van der Waals surface area contributed by atoms with Gasteiger partial charge in [0.05, 0.1) is 13.2 Å². The van der Waals surface area contributed by atoms with E-state index in [1.807, 2.05) is 0 Å². The van der Waals surface area contributed by atoms with E-state index in [4.69, 9.17) is 4.74 Å². The summed E-state index contributed by atoms with van der Waals surface area (Å²) in [6, 6.07) is 9.06. The molecule has 1 aliphatic rings. The van der Waals surface area contributed by atoms with Crippen molar-refractivity contribution in [1.29, 1.82) is 0 Å². The van der Waals surface area contributed by atoms with Gasteiger partial charge in [-0.15, -0.1) is 0 Å².